The zero-order valence-electron chi connectivity index (χ0n) is 21.8. The molecule has 9 nitrogen and oxygen atoms in total. The van der Waals surface area contributed by atoms with Crippen LogP contribution in [0.4, 0.5) is 0 Å². The van der Waals surface area contributed by atoms with Crippen molar-refractivity contribution in [2.24, 2.45) is 0 Å². The van der Waals surface area contributed by atoms with E-state index in [1.807, 2.05) is 13.0 Å². The highest BCUT2D eigenvalue weighted by molar-refractivity contribution is 7.89. The molecule has 2 aromatic carbocycles. The van der Waals surface area contributed by atoms with Crippen molar-refractivity contribution in [2.45, 2.75) is 62.6 Å². The normalized spacial score (nSPS) is 22.7. The zero-order chi connectivity index (χ0) is 26.7. The molecular weight excluding hydrogens is 504 g/mol. The molecule has 0 bridgehead atoms. The van der Waals surface area contributed by atoms with E-state index in [0.717, 1.165) is 40.8 Å². The molecule has 0 unspecified atom stereocenters. The Labute approximate surface area is 224 Å². The number of sulfonamides is 1. The average molecular weight is 541 g/mol. The van der Waals surface area contributed by atoms with E-state index in [1.165, 1.54) is 37.0 Å². The van der Waals surface area contributed by atoms with Crippen LogP contribution in [0.1, 0.15) is 54.8 Å². The Balaban J connectivity index is 1.27. The molecule has 0 radical (unpaired) electrons. The largest absolute Gasteiger partial charge is 0.493 e. The smallest absolute Gasteiger partial charge is 0.243 e. The number of nitrogens with one attached hydrogen (secondary N) is 2. The van der Waals surface area contributed by atoms with Crippen LogP contribution in [0, 0.1) is 6.92 Å². The minimum Gasteiger partial charge on any atom is -0.493 e. The standard InChI is InChI=1S/C28H36N4O5S/c1-20-5-8-22(9-6-20)38(35,36)32-15-12-29-28(34)25(32)18-27(33)30-24-11-16-37-26-17-21(7-10-23(24)26)19-31-13-3-2-4-14-31/h5-10,17,24-25H,2-4,11-16,18-19H2,1H3,(H,29,34)(H,30,33)/t24-,25-/m1/s1. The summed E-state index contributed by atoms with van der Waals surface area (Å²) in [5.41, 5.74) is 3.03. The van der Waals surface area contributed by atoms with Gasteiger partial charge in [-0.25, -0.2) is 8.42 Å². The summed E-state index contributed by atoms with van der Waals surface area (Å²) in [7, 11) is -3.94. The maximum atomic E-state index is 13.4. The minimum atomic E-state index is -3.94. The van der Waals surface area contributed by atoms with Crippen molar-refractivity contribution < 1.29 is 22.7 Å². The Bertz CT molecular complexity index is 1270. The van der Waals surface area contributed by atoms with Gasteiger partial charge in [0.2, 0.25) is 21.8 Å². The third-order valence-corrected chi connectivity index (χ3v) is 9.52. The number of nitrogens with zero attached hydrogens (tertiary/aromatic N) is 2. The lowest BCUT2D eigenvalue weighted by molar-refractivity contribution is -0.132. The predicted molar refractivity (Wildman–Crippen MR) is 143 cm³/mol. The first kappa shape index (κ1) is 26.6. The van der Waals surface area contributed by atoms with E-state index < -0.39 is 22.0 Å². The van der Waals surface area contributed by atoms with E-state index in [1.54, 1.807) is 12.1 Å². The highest BCUT2D eigenvalue weighted by Gasteiger charge is 2.40. The number of hydrogen-bond donors (Lipinski definition) is 2. The van der Waals surface area contributed by atoms with Crippen LogP contribution in [0.3, 0.4) is 0 Å². The van der Waals surface area contributed by atoms with Gasteiger partial charge in [0.15, 0.2) is 0 Å². The molecule has 0 saturated carbocycles. The van der Waals surface area contributed by atoms with Crippen LogP contribution in [-0.4, -0.2) is 68.3 Å². The maximum Gasteiger partial charge on any atom is 0.243 e. The van der Waals surface area contributed by atoms with Gasteiger partial charge in [0.1, 0.15) is 11.8 Å². The zero-order valence-corrected chi connectivity index (χ0v) is 22.6. The predicted octanol–water partition coefficient (Wildman–Crippen LogP) is 2.50. The summed E-state index contributed by atoms with van der Waals surface area (Å²) in [6, 6.07) is 11.3. The summed E-state index contributed by atoms with van der Waals surface area (Å²) >= 11 is 0. The fourth-order valence-corrected chi connectivity index (χ4v) is 7.10. The quantitative estimate of drug-likeness (QED) is 0.559. The monoisotopic (exact) mass is 540 g/mol. The second kappa shape index (κ2) is 11.4. The first-order valence-corrected chi connectivity index (χ1v) is 14.9. The van der Waals surface area contributed by atoms with Gasteiger partial charge >= 0.3 is 0 Å². The van der Waals surface area contributed by atoms with E-state index in [2.05, 4.69) is 27.7 Å². The summed E-state index contributed by atoms with van der Waals surface area (Å²) in [5.74, 6) is -0.0572. The lowest BCUT2D eigenvalue weighted by atomic mass is 9.98. The number of rotatable bonds is 7. The molecule has 2 amide bonds. The molecule has 0 aromatic heterocycles. The number of ether oxygens (including phenoxy) is 1. The van der Waals surface area contributed by atoms with Crippen LogP contribution >= 0.6 is 0 Å². The molecule has 2 aromatic rings. The second-order valence-electron chi connectivity index (χ2n) is 10.4. The Morgan fingerprint density at radius 2 is 1.84 bits per heavy atom. The van der Waals surface area contributed by atoms with E-state index in [9.17, 15) is 18.0 Å². The summed E-state index contributed by atoms with van der Waals surface area (Å²) in [4.78, 5) is 28.5. The molecule has 2 saturated heterocycles. The average Bonchev–Trinajstić information content (AvgIpc) is 2.90. The van der Waals surface area contributed by atoms with Gasteiger partial charge in [0, 0.05) is 31.6 Å². The molecule has 2 fully saturated rings. The van der Waals surface area contributed by atoms with Crippen molar-refractivity contribution in [3.63, 3.8) is 0 Å². The molecule has 3 aliphatic heterocycles. The van der Waals surface area contributed by atoms with E-state index in [-0.39, 0.29) is 36.4 Å². The van der Waals surface area contributed by atoms with Gasteiger partial charge in [0.05, 0.1) is 24.0 Å². The van der Waals surface area contributed by atoms with Crippen LogP contribution in [-0.2, 0) is 26.2 Å². The number of piperazine rings is 1. The Morgan fingerprint density at radius 1 is 1.08 bits per heavy atom. The summed E-state index contributed by atoms with van der Waals surface area (Å²) < 4.78 is 33.8. The molecule has 3 aliphatic rings. The molecule has 2 atom stereocenters. The lowest BCUT2D eigenvalue weighted by Gasteiger charge is -2.34. The van der Waals surface area contributed by atoms with Gasteiger partial charge in [-0.1, -0.05) is 36.2 Å². The van der Waals surface area contributed by atoms with Crippen molar-refractivity contribution in [1.29, 1.82) is 0 Å². The summed E-state index contributed by atoms with van der Waals surface area (Å²) in [6.45, 7) is 5.78. The Kier molecular flexibility index (Phi) is 8.01. The fraction of sp³-hybridized carbons (Fsp3) is 0.500. The highest BCUT2D eigenvalue weighted by Crippen LogP contribution is 2.33. The van der Waals surface area contributed by atoms with Gasteiger partial charge in [-0.3, -0.25) is 14.5 Å². The SMILES string of the molecule is Cc1ccc(S(=O)(=O)N2CCNC(=O)[C@H]2CC(=O)N[C@@H]2CCOc3cc(CN4CCCCC4)ccc32)cc1. The fourth-order valence-electron chi connectivity index (χ4n) is 5.51. The summed E-state index contributed by atoms with van der Waals surface area (Å²) in [6.07, 6.45) is 4.11. The van der Waals surface area contributed by atoms with Crippen LogP contribution in [0.2, 0.25) is 0 Å². The number of carbonyl (C=O) groups is 2. The van der Waals surface area contributed by atoms with Crippen LogP contribution in [0.5, 0.6) is 5.75 Å². The number of benzene rings is 2. The maximum absolute atomic E-state index is 13.4. The molecule has 10 heteroatoms. The highest BCUT2D eigenvalue weighted by atomic mass is 32.2. The third-order valence-electron chi connectivity index (χ3n) is 7.60. The Hall–Kier alpha value is -2.95. The number of fused-ring (bicyclic) bond motifs is 1. The van der Waals surface area contributed by atoms with Crippen molar-refractivity contribution in [3.8, 4) is 5.75 Å². The first-order chi connectivity index (χ1) is 18.3. The first-order valence-electron chi connectivity index (χ1n) is 13.4. The van der Waals surface area contributed by atoms with Crippen LogP contribution in [0.15, 0.2) is 47.4 Å². The summed E-state index contributed by atoms with van der Waals surface area (Å²) in [5, 5.41) is 5.74. The van der Waals surface area contributed by atoms with Crippen LogP contribution < -0.4 is 15.4 Å². The van der Waals surface area contributed by atoms with Gasteiger partial charge in [-0.15, -0.1) is 0 Å². The molecule has 2 N–H and O–H groups in total. The number of carbonyl (C=O) groups excluding carboxylic acids is 2. The number of piperidine rings is 1. The third kappa shape index (κ3) is 5.87. The number of aryl methyl sites for hydroxylation is 1. The molecule has 5 rings (SSSR count). The second-order valence-corrected chi connectivity index (χ2v) is 12.3. The van der Waals surface area contributed by atoms with Crippen molar-refractivity contribution in [2.75, 3.05) is 32.8 Å². The molecular formula is C28H36N4O5S. The molecule has 0 aliphatic carbocycles. The van der Waals surface area contributed by atoms with Crippen LogP contribution in [0.25, 0.3) is 0 Å². The van der Waals surface area contributed by atoms with Gasteiger partial charge in [0.25, 0.3) is 0 Å². The van der Waals surface area contributed by atoms with Crippen molar-refractivity contribution in [3.05, 3.63) is 59.2 Å². The van der Waals surface area contributed by atoms with E-state index in [4.69, 9.17) is 4.74 Å². The number of amides is 2. The van der Waals surface area contributed by atoms with Crippen molar-refractivity contribution in [1.82, 2.24) is 19.8 Å². The molecule has 38 heavy (non-hydrogen) atoms. The Morgan fingerprint density at radius 3 is 2.61 bits per heavy atom. The van der Waals surface area contributed by atoms with E-state index in [0.29, 0.717) is 13.0 Å². The van der Waals surface area contributed by atoms with Gasteiger partial charge in [-0.05, 0) is 56.6 Å². The molecule has 204 valence electrons. The molecule has 0 spiro atoms. The lowest BCUT2D eigenvalue weighted by Crippen LogP contribution is -2.58. The number of hydrogen-bond acceptors (Lipinski definition) is 6. The van der Waals surface area contributed by atoms with Crippen molar-refractivity contribution >= 4 is 21.8 Å². The van der Waals surface area contributed by atoms with E-state index >= 15 is 0 Å². The molecule has 3 heterocycles. The number of likely N-dealkylation sites (tertiary alicyclic amines) is 1. The van der Waals surface area contributed by atoms with Gasteiger partial charge in [-0.2, -0.15) is 4.31 Å². The topological polar surface area (TPSA) is 108 Å². The van der Waals surface area contributed by atoms with Gasteiger partial charge < -0.3 is 15.4 Å². The minimum absolute atomic E-state index is 0.111.